The molecule has 1 aromatic carbocycles. The second-order valence-electron chi connectivity index (χ2n) is 7.57. The first-order valence-corrected chi connectivity index (χ1v) is 9.35. The van der Waals surface area contributed by atoms with Crippen LogP contribution in [-0.4, -0.2) is 67.2 Å². The Hall–Kier alpha value is -1.43. The molecule has 5 heteroatoms. The van der Waals surface area contributed by atoms with Crippen LogP contribution in [0.5, 0.6) is 0 Å². The fourth-order valence-corrected chi connectivity index (χ4v) is 3.18. The van der Waals surface area contributed by atoms with Crippen LogP contribution < -0.4 is 5.32 Å². The van der Waals surface area contributed by atoms with E-state index >= 15 is 0 Å². The molecule has 5 nitrogen and oxygen atoms in total. The van der Waals surface area contributed by atoms with E-state index in [0.717, 1.165) is 51.0 Å². The van der Waals surface area contributed by atoms with Crippen LogP contribution in [0.1, 0.15) is 42.1 Å². The predicted octanol–water partition coefficient (Wildman–Crippen LogP) is 1.96. The van der Waals surface area contributed by atoms with Gasteiger partial charge in [0.2, 0.25) is 0 Å². The number of rotatable bonds is 8. The molecule has 1 aromatic rings. The van der Waals surface area contributed by atoms with Gasteiger partial charge in [-0.15, -0.1) is 0 Å². The smallest absolute Gasteiger partial charge is 0.251 e. The number of hydrogen-bond acceptors (Lipinski definition) is 4. The molecule has 1 fully saturated rings. The number of amides is 1. The number of carbonyl (C=O) groups is 1. The van der Waals surface area contributed by atoms with E-state index in [9.17, 15) is 9.90 Å². The number of hydrogen-bond donors (Lipinski definition) is 2. The highest BCUT2D eigenvalue weighted by Gasteiger charge is 2.18. The van der Waals surface area contributed by atoms with E-state index in [2.05, 4.69) is 27.2 Å². The van der Waals surface area contributed by atoms with E-state index in [1.807, 2.05) is 33.2 Å². The molecule has 25 heavy (non-hydrogen) atoms. The van der Waals surface area contributed by atoms with E-state index in [1.54, 1.807) is 0 Å². The summed E-state index contributed by atoms with van der Waals surface area (Å²) in [7, 11) is 4.08. The van der Waals surface area contributed by atoms with Crippen LogP contribution in [0.15, 0.2) is 24.3 Å². The average molecular weight is 348 g/mol. The zero-order valence-electron chi connectivity index (χ0n) is 15.9. The largest absolute Gasteiger partial charge is 0.396 e. The Morgan fingerprint density at radius 1 is 1.28 bits per heavy atom. The summed E-state index contributed by atoms with van der Waals surface area (Å²) < 4.78 is 0. The maximum Gasteiger partial charge on any atom is 0.251 e. The first kappa shape index (κ1) is 19.9. The SMILES string of the molecule is CC(CCN(C)C)NC(=O)c1ccc(CN2CCC(CO)CC2)cc1. The molecule has 0 radical (unpaired) electrons. The third kappa shape index (κ3) is 6.77. The normalized spacial score (nSPS) is 17.6. The number of aliphatic hydroxyl groups excluding tert-OH is 1. The fourth-order valence-electron chi connectivity index (χ4n) is 3.18. The maximum absolute atomic E-state index is 12.3. The maximum atomic E-state index is 12.3. The molecule has 0 aromatic heterocycles. The molecule has 0 saturated carbocycles. The molecule has 1 unspecified atom stereocenters. The monoisotopic (exact) mass is 347 g/mol. The van der Waals surface area contributed by atoms with Crippen molar-refractivity contribution in [1.82, 2.24) is 15.1 Å². The Bertz CT molecular complexity index is 522. The second kappa shape index (κ2) is 9.90. The third-order valence-electron chi connectivity index (χ3n) is 4.97. The van der Waals surface area contributed by atoms with Crippen molar-refractivity contribution in [1.29, 1.82) is 0 Å². The van der Waals surface area contributed by atoms with Crippen molar-refractivity contribution in [3.05, 3.63) is 35.4 Å². The molecule has 1 saturated heterocycles. The lowest BCUT2D eigenvalue weighted by Crippen LogP contribution is -2.35. The molecule has 0 bridgehead atoms. The summed E-state index contributed by atoms with van der Waals surface area (Å²) in [6.45, 7) is 6.32. The number of nitrogens with one attached hydrogen (secondary N) is 1. The van der Waals surface area contributed by atoms with Gasteiger partial charge in [0, 0.05) is 24.8 Å². The number of likely N-dealkylation sites (tertiary alicyclic amines) is 1. The Morgan fingerprint density at radius 2 is 1.92 bits per heavy atom. The second-order valence-corrected chi connectivity index (χ2v) is 7.57. The van der Waals surface area contributed by atoms with Gasteiger partial charge in [-0.25, -0.2) is 0 Å². The molecule has 1 aliphatic heterocycles. The minimum absolute atomic E-state index is 0.00145. The number of nitrogens with zero attached hydrogens (tertiary/aromatic N) is 2. The van der Waals surface area contributed by atoms with Crippen LogP contribution in [0.2, 0.25) is 0 Å². The highest BCUT2D eigenvalue weighted by Crippen LogP contribution is 2.18. The summed E-state index contributed by atoms with van der Waals surface area (Å²) in [5.74, 6) is 0.471. The predicted molar refractivity (Wildman–Crippen MR) is 102 cm³/mol. The van der Waals surface area contributed by atoms with Crippen LogP contribution in [0.4, 0.5) is 0 Å². The minimum atomic E-state index is 0.00145. The van der Waals surface area contributed by atoms with Crippen molar-refractivity contribution in [2.75, 3.05) is 40.3 Å². The van der Waals surface area contributed by atoms with Gasteiger partial charge in [0.25, 0.3) is 5.91 Å². The number of carbonyl (C=O) groups excluding carboxylic acids is 1. The summed E-state index contributed by atoms with van der Waals surface area (Å²) in [6, 6.07) is 8.12. The van der Waals surface area contributed by atoms with Crippen molar-refractivity contribution >= 4 is 5.91 Å². The summed E-state index contributed by atoms with van der Waals surface area (Å²) in [6.07, 6.45) is 3.09. The summed E-state index contributed by atoms with van der Waals surface area (Å²) in [5.41, 5.74) is 1.96. The Kier molecular flexibility index (Phi) is 7.88. The van der Waals surface area contributed by atoms with Crippen LogP contribution >= 0.6 is 0 Å². The quantitative estimate of drug-likeness (QED) is 0.755. The topological polar surface area (TPSA) is 55.8 Å². The van der Waals surface area contributed by atoms with Gasteiger partial charge in [0.1, 0.15) is 0 Å². The zero-order chi connectivity index (χ0) is 18.2. The molecular weight excluding hydrogens is 314 g/mol. The van der Waals surface area contributed by atoms with Crippen molar-refractivity contribution in [2.24, 2.45) is 5.92 Å². The lowest BCUT2D eigenvalue weighted by molar-refractivity contribution is 0.0936. The highest BCUT2D eigenvalue weighted by molar-refractivity contribution is 5.94. The van der Waals surface area contributed by atoms with E-state index in [1.165, 1.54) is 5.56 Å². The summed E-state index contributed by atoms with van der Waals surface area (Å²) in [4.78, 5) is 16.9. The molecule has 1 aliphatic rings. The Balaban J connectivity index is 1.80. The van der Waals surface area contributed by atoms with E-state index in [-0.39, 0.29) is 11.9 Å². The van der Waals surface area contributed by atoms with E-state index < -0.39 is 0 Å². The number of piperidine rings is 1. The Morgan fingerprint density at radius 3 is 2.48 bits per heavy atom. The van der Waals surface area contributed by atoms with Gasteiger partial charge in [0.15, 0.2) is 0 Å². The lowest BCUT2D eigenvalue weighted by atomic mass is 9.97. The first-order chi connectivity index (χ1) is 12.0. The molecule has 1 amide bonds. The molecule has 140 valence electrons. The summed E-state index contributed by atoms with van der Waals surface area (Å²) in [5, 5.41) is 12.3. The molecule has 1 atom stereocenters. The molecule has 1 heterocycles. The van der Waals surface area contributed by atoms with E-state index in [0.29, 0.717) is 12.5 Å². The van der Waals surface area contributed by atoms with Crippen LogP contribution in [-0.2, 0) is 6.54 Å². The van der Waals surface area contributed by atoms with Crippen molar-refractivity contribution < 1.29 is 9.90 Å². The van der Waals surface area contributed by atoms with Crippen molar-refractivity contribution in [3.8, 4) is 0 Å². The van der Waals surface area contributed by atoms with Gasteiger partial charge in [-0.2, -0.15) is 0 Å². The van der Waals surface area contributed by atoms with Gasteiger partial charge >= 0.3 is 0 Å². The molecule has 0 aliphatic carbocycles. The van der Waals surface area contributed by atoms with Crippen LogP contribution in [0, 0.1) is 5.92 Å². The number of aliphatic hydroxyl groups is 1. The lowest BCUT2D eigenvalue weighted by Gasteiger charge is -2.31. The summed E-state index contributed by atoms with van der Waals surface area (Å²) >= 11 is 0. The minimum Gasteiger partial charge on any atom is -0.396 e. The van der Waals surface area contributed by atoms with Gasteiger partial charge in [-0.3, -0.25) is 9.69 Å². The Labute approximate surface area is 152 Å². The van der Waals surface area contributed by atoms with Gasteiger partial charge in [-0.05, 0) is 83.5 Å². The zero-order valence-corrected chi connectivity index (χ0v) is 15.9. The van der Waals surface area contributed by atoms with E-state index in [4.69, 9.17) is 0 Å². The van der Waals surface area contributed by atoms with Crippen LogP contribution in [0.3, 0.4) is 0 Å². The van der Waals surface area contributed by atoms with Crippen molar-refractivity contribution in [2.45, 2.75) is 38.8 Å². The molecule has 0 spiro atoms. The van der Waals surface area contributed by atoms with Crippen molar-refractivity contribution in [3.63, 3.8) is 0 Å². The van der Waals surface area contributed by atoms with Gasteiger partial charge in [-0.1, -0.05) is 12.1 Å². The molecule has 2 N–H and O–H groups in total. The first-order valence-electron chi connectivity index (χ1n) is 9.35. The van der Waals surface area contributed by atoms with Crippen LogP contribution in [0.25, 0.3) is 0 Å². The molecule has 2 rings (SSSR count). The fraction of sp³-hybridized carbons (Fsp3) is 0.650. The average Bonchev–Trinajstić information content (AvgIpc) is 2.61. The standard InChI is InChI=1S/C20H33N3O2/c1-16(8-11-22(2)3)21-20(25)19-6-4-17(5-7-19)14-23-12-9-18(15-24)10-13-23/h4-7,16,18,24H,8-15H2,1-3H3,(H,21,25). The molecular formula is C20H33N3O2. The third-order valence-corrected chi connectivity index (χ3v) is 4.97. The van der Waals surface area contributed by atoms with Gasteiger partial charge in [0.05, 0.1) is 0 Å². The highest BCUT2D eigenvalue weighted by atomic mass is 16.3. The number of benzene rings is 1. The van der Waals surface area contributed by atoms with Gasteiger partial charge < -0.3 is 15.3 Å².